The summed E-state index contributed by atoms with van der Waals surface area (Å²) in [4.78, 5) is 7.56. The minimum atomic E-state index is -0.346. The summed E-state index contributed by atoms with van der Waals surface area (Å²) in [5, 5.41) is 0. The van der Waals surface area contributed by atoms with Crippen molar-refractivity contribution in [3.8, 4) is 0 Å². The monoisotopic (exact) mass is 169 g/mol. The number of aromatic nitrogens is 2. The number of nitrogens with zero attached hydrogens (tertiary/aromatic N) is 2. The van der Waals surface area contributed by atoms with Gasteiger partial charge in [-0.05, 0) is 6.42 Å². The molecule has 0 spiro atoms. The molecule has 1 aromatic heterocycles. The Kier molecular flexibility index (Phi) is 3.10. The minimum absolute atomic E-state index is 0.130. The minimum Gasteiger partial charge on any atom is -0.325 e. The van der Waals surface area contributed by atoms with E-state index in [9.17, 15) is 4.39 Å². The summed E-state index contributed by atoms with van der Waals surface area (Å²) in [6.45, 7) is 2.11. The molecule has 0 aliphatic heterocycles. The van der Waals surface area contributed by atoms with Crippen molar-refractivity contribution >= 4 is 0 Å². The molecule has 2 N–H and O–H groups in total. The highest BCUT2D eigenvalue weighted by molar-refractivity contribution is 5.11. The molecule has 0 radical (unpaired) electrons. The summed E-state index contributed by atoms with van der Waals surface area (Å²) in [6, 6.07) is 0. The number of rotatable bonds is 3. The first kappa shape index (κ1) is 9.06. The van der Waals surface area contributed by atoms with Crippen LogP contribution in [0, 0.1) is 5.82 Å². The van der Waals surface area contributed by atoms with Crippen LogP contribution in [0.4, 0.5) is 4.39 Å². The lowest BCUT2D eigenvalue weighted by molar-refractivity contribution is 0.567. The molecule has 66 valence electrons. The van der Waals surface area contributed by atoms with Gasteiger partial charge in [-0.1, -0.05) is 13.3 Å². The maximum atomic E-state index is 13.3. The number of hydrogen-bond donors (Lipinski definition) is 1. The van der Waals surface area contributed by atoms with E-state index in [4.69, 9.17) is 5.73 Å². The van der Waals surface area contributed by atoms with Crippen molar-refractivity contribution in [2.75, 3.05) is 0 Å². The van der Waals surface area contributed by atoms with Gasteiger partial charge in [0.05, 0.1) is 11.4 Å². The molecular weight excluding hydrogens is 157 g/mol. The lowest BCUT2D eigenvalue weighted by atomic mass is 10.2. The fraction of sp³-hybridized carbons (Fsp3) is 0.500. The molecule has 0 bridgehead atoms. The number of halogens is 1. The molecule has 0 aromatic carbocycles. The van der Waals surface area contributed by atoms with E-state index in [0.717, 1.165) is 6.42 Å². The first-order chi connectivity index (χ1) is 5.79. The summed E-state index contributed by atoms with van der Waals surface area (Å²) in [5.74, 6) is -0.346. The Hall–Kier alpha value is -1.03. The van der Waals surface area contributed by atoms with E-state index in [1.54, 1.807) is 0 Å². The first-order valence-corrected chi connectivity index (χ1v) is 3.98. The van der Waals surface area contributed by atoms with Crippen molar-refractivity contribution in [3.05, 3.63) is 23.5 Å². The fourth-order valence-corrected chi connectivity index (χ4v) is 1.00. The predicted octanol–water partition coefficient (Wildman–Crippen LogP) is 1.03. The quantitative estimate of drug-likeness (QED) is 0.735. The largest absolute Gasteiger partial charge is 0.325 e. The van der Waals surface area contributed by atoms with Crippen LogP contribution < -0.4 is 5.73 Å². The second-order valence-electron chi connectivity index (χ2n) is 2.54. The Bertz CT molecular complexity index is 262. The van der Waals surface area contributed by atoms with Gasteiger partial charge in [0.1, 0.15) is 6.33 Å². The highest BCUT2D eigenvalue weighted by Crippen LogP contribution is 2.08. The molecule has 4 heteroatoms. The van der Waals surface area contributed by atoms with Gasteiger partial charge in [-0.3, -0.25) is 0 Å². The van der Waals surface area contributed by atoms with Gasteiger partial charge >= 0.3 is 0 Å². The van der Waals surface area contributed by atoms with Crippen LogP contribution in [0.5, 0.6) is 0 Å². The Labute approximate surface area is 70.8 Å². The van der Waals surface area contributed by atoms with Gasteiger partial charge in [0, 0.05) is 6.54 Å². The van der Waals surface area contributed by atoms with E-state index < -0.39 is 0 Å². The van der Waals surface area contributed by atoms with Crippen LogP contribution in [0.3, 0.4) is 0 Å². The van der Waals surface area contributed by atoms with Crippen LogP contribution in [0.2, 0.25) is 0 Å². The molecule has 0 saturated carbocycles. The van der Waals surface area contributed by atoms with Gasteiger partial charge in [0.25, 0.3) is 0 Å². The molecule has 0 amide bonds. The molecule has 1 rings (SSSR count). The zero-order valence-corrected chi connectivity index (χ0v) is 7.05. The molecule has 3 nitrogen and oxygen atoms in total. The number of hydrogen-bond acceptors (Lipinski definition) is 3. The average Bonchev–Trinajstić information content (AvgIpc) is 2.09. The molecule has 0 atom stereocenters. The Morgan fingerprint density at radius 3 is 2.67 bits per heavy atom. The average molecular weight is 169 g/mol. The van der Waals surface area contributed by atoms with E-state index in [1.807, 2.05) is 6.92 Å². The summed E-state index contributed by atoms with van der Waals surface area (Å²) in [5.41, 5.74) is 6.05. The summed E-state index contributed by atoms with van der Waals surface area (Å²) < 4.78 is 13.3. The van der Waals surface area contributed by atoms with Crippen molar-refractivity contribution in [1.29, 1.82) is 0 Å². The van der Waals surface area contributed by atoms with Crippen LogP contribution in [-0.4, -0.2) is 9.97 Å². The van der Waals surface area contributed by atoms with Crippen molar-refractivity contribution in [2.24, 2.45) is 5.73 Å². The summed E-state index contributed by atoms with van der Waals surface area (Å²) in [6.07, 6.45) is 2.87. The van der Waals surface area contributed by atoms with Crippen molar-refractivity contribution in [2.45, 2.75) is 26.3 Å². The number of nitrogens with two attached hydrogens (primary N) is 1. The van der Waals surface area contributed by atoms with E-state index in [-0.39, 0.29) is 12.4 Å². The van der Waals surface area contributed by atoms with E-state index in [1.165, 1.54) is 6.33 Å². The predicted molar refractivity (Wildman–Crippen MR) is 43.9 cm³/mol. The molecular formula is C8H12FN3. The maximum Gasteiger partial charge on any atom is 0.167 e. The number of aryl methyl sites for hydroxylation is 1. The van der Waals surface area contributed by atoms with Gasteiger partial charge in [-0.25, -0.2) is 14.4 Å². The topological polar surface area (TPSA) is 51.8 Å². The van der Waals surface area contributed by atoms with Crippen molar-refractivity contribution < 1.29 is 4.39 Å². The van der Waals surface area contributed by atoms with E-state index in [0.29, 0.717) is 17.8 Å². The second kappa shape index (κ2) is 4.11. The SMILES string of the molecule is CCCc1ncnc(CN)c1F. The van der Waals surface area contributed by atoms with Crippen LogP contribution in [0.25, 0.3) is 0 Å². The molecule has 0 aliphatic rings. The summed E-state index contributed by atoms with van der Waals surface area (Å²) >= 11 is 0. The Morgan fingerprint density at radius 1 is 1.42 bits per heavy atom. The molecule has 1 heterocycles. The third-order valence-corrected chi connectivity index (χ3v) is 1.61. The highest BCUT2D eigenvalue weighted by atomic mass is 19.1. The van der Waals surface area contributed by atoms with Gasteiger partial charge in [0.2, 0.25) is 0 Å². The summed E-state index contributed by atoms with van der Waals surface area (Å²) in [7, 11) is 0. The molecule has 0 fully saturated rings. The lowest BCUT2D eigenvalue weighted by Crippen LogP contribution is -2.07. The fourth-order valence-electron chi connectivity index (χ4n) is 1.00. The second-order valence-corrected chi connectivity index (χ2v) is 2.54. The smallest absolute Gasteiger partial charge is 0.167 e. The zero-order valence-electron chi connectivity index (χ0n) is 7.05. The first-order valence-electron chi connectivity index (χ1n) is 3.98. The Morgan fingerprint density at radius 2 is 2.08 bits per heavy atom. The van der Waals surface area contributed by atoms with E-state index >= 15 is 0 Å². The maximum absolute atomic E-state index is 13.3. The molecule has 1 aromatic rings. The third kappa shape index (κ3) is 1.76. The van der Waals surface area contributed by atoms with Gasteiger partial charge < -0.3 is 5.73 Å². The normalized spacial score (nSPS) is 10.2. The standard InChI is InChI=1S/C8H12FN3/c1-2-3-6-8(9)7(4-10)12-5-11-6/h5H,2-4,10H2,1H3. The van der Waals surface area contributed by atoms with E-state index in [2.05, 4.69) is 9.97 Å². The van der Waals surface area contributed by atoms with Crippen LogP contribution in [0.1, 0.15) is 24.7 Å². The highest BCUT2D eigenvalue weighted by Gasteiger charge is 2.07. The van der Waals surface area contributed by atoms with Crippen LogP contribution in [0.15, 0.2) is 6.33 Å². The van der Waals surface area contributed by atoms with Crippen LogP contribution in [-0.2, 0) is 13.0 Å². The van der Waals surface area contributed by atoms with Gasteiger partial charge in [-0.15, -0.1) is 0 Å². The molecule has 0 saturated heterocycles. The van der Waals surface area contributed by atoms with Crippen molar-refractivity contribution in [3.63, 3.8) is 0 Å². The lowest BCUT2D eigenvalue weighted by Gasteiger charge is -2.02. The van der Waals surface area contributed by atoms with Gasteiger partial charge in [0.15, 0.2) is 5.82 Å². The van der Waals surface area contributed by atoms with Crippen LogP contribution >= 0.6 is 0 Å². The Balaban J connectivity index is 2.97. The molecule has 0 unspecified atom stereocenters. The molecule has 12 heavy (non-hydrogen) atoms. The van der Waals surface area contributed by atoms with Gasteiger partial charge in [-0.2, -0.15) is 0 Å². The third-order valence-electron chi connectivity index (χ3n) is 1.61. The zero-order chi connectivity index (χ0) is 8.97. The van der Waals surface area contributed by atoms with Crippen molar-refractivity contribution in [1.82, 2.24) is 9.97 Å². The molecule has 0 aliphatic carbocycles.